The molecule has 0 radical (unpaired) electrons. The standard InChI is InChI=1S/C24H24FN5O4/c1-27-10-12-28(13-11-27)21-7-4-17(14-22(21)30(32)33)24(31)29-9-8-19-20(15-29)26-34-23(19)16-2-5-18(25)6-3-16/h2-7,14H,8-13,15H2,1H3. The fourth-order valence-corrected chi connectivity index (χ4v) is 4.53. The van der Waals surface area contributed by atoms with Crippen LogP contribution in [-0.4, -0.2) is 65.6 Å². The van der Waals surface area contributed by atoms with Crippen LogP contribution in [-0.2, 0) is 13.0 Å². The second-order valence-corrected chi connectivity index (χ2v) is 8.67. The Kier molecular flexibility index (Phi) is 5.74. The van der Waals surface area contributed by atoms with Gasteiger partial charge in [-0.3, -0.25) is 14.9 Å². The quantitative estimate of drug-likeness (QED) is 0.431. The zero-order valence-corrected chi connectivity index (χ0v) is 18.7. The molecule has 3 heterocycles. The van der Waals surface area contributed by atoms with E-state index in [0.717, 1.165) is 24.2 Å². The van der Waals surface area contributed by atoms with E-state index >= 15 is 0 Å². The Balaban J connectivity index is 1.36. The van der Waals surface area contributed by atoms with Gasteiger partial charge in [-0.2, -0.15) is 0 Å². The molecular weight excluding hydrogens is 441 g/mol. The van der Waals surface area contributed by atoms with Crippen LogP contribution in [0, 0.1) is 15.9 Å². The second kappa shape index (κ2) is 8.86. The van der Waals surface area contributed by atoms with Gasteiger partial charge in [0.1, 0.15) is 17.2 Å². The molecule has 0 bridgehead atoms. The van der Waals surface area contributed by atoms with Gasteiger partial charge in [-0.25, -0.2) is 4.39 Å². The summed E-state index contributed by atoms with van der Waals surface area (Å²) >= 11 is 0. The van der Waals surface area contributed by atoms with Crippen molar-refractivity contribution in [1.82, 2.24) is 15.0 Å². The maximum absolute atomic E-state index is 13.3. The Labute approximate surface area is 195 Å². The Morgan fingerprint density at radius 3 is 2.53 bits per heavy atom. The van der Waals surface area contributed by atoms with E-state index in [0.29, 0.717) is 43.2 Å². The highest BCUT2D eigenvalue weighted by Crippen LogP contribution is 2.33. The lowest BCUT2D eigenvalue weighted by Gasteiger charge is -2.33. The molecule has 34 heavy (non-hydrogen) atoms. The number of rotatable bonds is 4. The summed E-state index contributed by atoms with van der Waals surface area (Å²) in [7, 11) is 2.02. The predicted molar refractivity (Wildman–Crippen MR) is 123 cm³/mol. The highest BCUT2D eigenvalue weighted by molar-refractivity contribution is 5.96. The van der Waals surface area contributed by atoms with Gasteiger partial charge < -0.3 is 19.2 Å². The summed E-state index contributed by atoms with van der Waals surface area (Å²) in [5, 5.41) is 15.9. The molecule has 10 heteroatoms. The highest BCUT2D eigenvalue weighted by atomic mass is 19.1. The van der Waals surface area contributed by atoms with Crippen LogP contribution in [0.5, 0.6) is 0 Å². The first kappa shape index (κ1) is 22.0. The van der Waals surface area contributed by atoms with Crippen LogP contribution in [0.25, 0.3) is 11.3 Å². The molecule has 1 amide bonds. The van der Waals surface area contributed by atoms with Crippen molar-refractivity contribution in [2.24, 2.45) is 0 Å². The Morgan fingerprint density at radius 1 is 1.09 bits per heavy atom. The van der Waals surface area contributed by atoms with Crippen LogP contribution in [0.2, 0.25) is 0 Å². The summed E-state index contributed by atoms with van der Waals surface area (Å²) in [5.74, 6) is -0.0408. The average Bonchev–Trinajstić information content (AvgIpc) is 3.27. The minimum atomic E-state index is -0.425. The van der Waals surface area contributed by atoms with Gasteiger partial charge in [-0.15, -0.1) is 0 Å². The van der Waals surface area contributed by atoms with Crippen LogP contribution in [0.15, 0.2) is 47.0 Å². The largest absolute Gasteiger partial charge is 0.363 e. The summed E-state index contributed by atoms with van der Waals surface area (Å²) < 4.78 is 18.8. The van der Waals surface area contributed by atoms with Crippen LogP contribution < -0.4 is 4.90 Å². The molecule has 0 aliphatic carbocycles. The molecule has 1 saturated heterocycles. The normalized spacial score (nSPS) is 16.4. The maximum Gasteiger partial charge on any atom is 0.293 e. The molecule has 0 atom stereocenters. The zero-order chi connectivity index (χ0) is 23.8. The Bertz CT molecular complexity index is 1230. The Morgan fingerprint density at radius 2 is 1.82 bits per heavy atom. The Hall–Kier alpha value is -3.79. The summed E-state index contributed by atoms with van der Waals surface area (Å²) in [6.07, 6.45) is 0.527. The number of nitro benzene ring substituents is 1. The molecule has 2 aliphatic heterocycles. The molecule has 176 valence electrons. The van der Waals surface area contributed by atoms with E-state index in [4.69, 9.17) is 4.52 Å². The number of piperazine rings is 1. The van der Waals surface area contributed by atoms with Crippen molar-refractivity contribution in [1.29, 1.82) is 0 Å². The van der Waals surface area contributed by atoms with Gasteiger partial charge in [0.2, 0.25) is 0 Å². The first-order valence-corrected chi connectivity index (χ1v) is 11.2. The molecule has 0 spiro atoms. The van der Waals surface area contributed by atoms with E-state index in [1.165, 1.54) is 18.2 Å². The van der Waals surface area contributed by atoms with E-state index in [-0.39, 0.29) is 29.5 Å². The third-order valence-corrected chi connectivity index (χ3v) is 6.50. The molecule has 1 fully saturated rings. The van der Waals surface area contributed by atoms with E-state index < -0.39 is 4.92 Å². The van der Waals surface area contributed by atoms with E-state index in [2.05, 4.69) is 10.1 Å². The summed E-state index contributed by atoms with van der Waals surface area (Å²) in [6, 6.07) is 10.7. The number of benzene rings is 2. The average molecular weight is 465 g/mol. The van der Waals surface area contributed by atoms with Crippen molar-refractivity contribution in [2.75, 3.05) is 44.7 Å². The van der Waals surface area contributed by atoms with Crippen molar-refractivity contribution in [3.8, 4) is 11.3 Å². The SMILES string of the molecule is CN1CCN(c2ccc(C(=O)N3CCc4c(noc4-c4ccc(F)cc4)C3)cc2[N+](=O)[O-])CC1. The smallest absolute Gasteiger partial charge is 0.293 e. The van der Waals surface area contributed by atoms with E-state index in [1.54, 1.807) is 29.2 Å². The predicted octanol–water partition coefficient (Wildman–Crippen LogP) is 3.34. The van der Waals surface area contributed by atoms with Gasteiger partial charge in [-0.05, 0) is 49.9 Å². The van der Waals surface area contributed by atoms with Gasteiger partial charge in [0.05, 0.1) is 11.5 Å². The van der Waals surface area contributed by atoms with Crippen molar-refractivity contribution >= 4 is 17.3 Å². The number of hydrogen-bond donors (Lipinski definition) is 0. The maximum atomic E-state index is 13.3. The third-order valence-electron chi connectivity index (χ3n) is 6.50. The van der Waals surface area contributed by atoms with Crippen molar-refractivity contribution in [3.05, 3.63) is 75.2 Å². The van der Waals surface area contributed by atoms with Gasteiger partial charge in [0.25, 0.3) is 11.6 Å². The van der Waals surface area contributed by atoms with Crippen LogP contribution >= 0.6 is 0 Å². The molecule has 2 aromatic carbocycles. The first-order chi connectivity index (χ1) is 16.4. The number of nitro groups is 1. The number of fused-ring (bicyclic) bond motifs is 1. The molecule has 9 nitrogen and oxygen atoms in total. The van der Waals surface area contributed by atoms with Crippen LogP contribution in [0.4, 0.5) is 15.8 Å². The monoisotopic (exact) mass is 465 g/mol. The molecule has 5 rings (SSSR count). The molecule has 0 saturated carbocycles. The van der Waals surface area contributed by atoms with Crippen LogP contribution in [0.1, 0.15) is 21.6 Å². The fourth-order valence-electron chi connectivity index (χ4n) is 4.53. The fraction of sp³-hybridized carbons (Fsp3) is 0.333. The van der Waals surface area contributed by atoms with Crippen molar-refractivity contribution < 1.29 is 18.6 Å². The lowest BCUT2D eigenvalue weighted by atomic mass is 10.00. The second-order valence-electron chi connectivity index (χ2n) is 8.67. The summed E-state index contributed by atoms with van der Waals surface area (Å²) in [4.78, 5) is 30.4. The van der Waals surface area contributed by atoms with Crippen molar-refractivity contribution in [2.45, 2.75) is 13.0 Å². The topological polar surface area (TPSA) is 96.0 Å². The molecular formula is C24H24FN5O4. The lowest BCUT2D eigenvalue weighted by molar-refractivity contribution is -0.384. The van der Waals surface area contributed by atoms with Crippen molar-refractivity contribution in [3.63, 3.8) is 0 Å². The molecule has 2 aliphatic rings. The van der Waals surface area contributed by atoms with Gasteiger partial charge in [-0.1, -0.05) is 5.16 Å². The van der Waals surface area contributed by atoms with Gasteiger partial charge >= 0.3 is 0 Å². The molecule has 1 aromatic heterocycles. The number of aromatic nitrogens is 1. The molecule has 0 N–H and O–H groups in total. The number of hydrogen-bond acceptors (Lipinski definition) is 7. The number of amides is 1. The number of likely N-dealkylation sites (N-methyl/N-ethyl adjacent to an activating group) is 1. The van der Waals surface area contributed by atoms with Crippen LogP contribution in [0.3, 0.4) is 0 Å². The van der Waals surface area contributed by atoms with Gasteiger partial charge in [0.15, 0.2) is 5.76 Å². The number of nitrogens with zero attached hydrogens (tertiary/aromatic N) is 5. The summed E-state index contributed by atoms with van der Waals surface area (Å²) in [5.41, 5.74) is 3.01. The minimum absolute atomic E-state index is 0.0619. The van der Waals surface area contributed by atoms with Gasteiger partial charge in [0, 0.05) is 55.5 Å². The number of carbonyl (C=O) groups is 1. The van der Waals surface area contributed by atoms with E-state index in [1.807, 2.05) is 11.9 Å². The summed E-state index contributed by atoms with van der Waals surface area (Å²) in [6.45, 7) is 3.71. The zero-order valence-electron chi connectivity index (χ0n) is 18.7. The molecule has 3 aromatic rings. The number of carbonyl (C=O) groups excluding carboxylic acids is 1. The minimum Gasteiger partial charge on any atom is -0.363 e. The lowest BCUT2D eigenvalue weighted by Crippen LogP contribution is -2.44. The first-order valence-electron chi connectivity index (χ1n) is 11.2. The highest BCUT2D eigenvalue weighted by Gasteiger charge is 2.30. The number of halogens is 1. The third kappa shape index (κ3) is 4.12. The number of anilines is 1. The molecule has 0 unspecified atom stereocenters. The van der Waals surface area contributed by atoms with E-state index in [9.17, 15) is 19.3 Å².